The smallest absolute Gasteiger partial charge is 0.305 e. The van der Waals surface area contributed by atoms with Crippen molar-refractivity contribution in [1.82, 2.24) is 5.32 Å². The largest absolute Gasteiger partial charge is 0.466 e. The van der Waals surface area contributed by atoms with Crippen molar-refractivity contribution in [2.75, 3.05) is 19.8 Å². The molecule has 0 aliphatic heterocycles. The lowest BCUT2D eigenvalue weighted by Crippen LogP contribution is -2.55. The molecule has 9 atom stereocenters. The summed E-state index contributed by atoms with van der Waals surface area (Å²) in [7, 11) is 0. The molecule has 0 aromatic carbocycles. The average Bonchev–Trinajstić information content (AvgIpc) is 3.13. The number of fused-ring (bicyclic) bond motifs is 5. The molecule has 4 heteroatoms. The van der Waals surface area contributed by atoms with Crippen molar-refractivity contribution in [2.24, 2.45) is 46.3 Å². The molecule has 0 saturated heterocycles. The van der Waals surface area contributed by atoms with Gasteiger partial charge in [0.1, 0.15) is 0 Å². The molecule has 4 saturated carbocycles. The van der Waals surface area contributed by atoms with E-state index in [4.69, 9.17) is 4.74 Å². The van der Waals surface area contributed by atoms with Crippen LogP contribution in [-0.4, -0.2) is 36.9 Å². The van der Waals surface area contributed by atoms with Crippen molar-refractivity contribution in [2.45, 2.75) is 104 Å². The fourth-order valence-corrected chi connectivity index (χ4v) is 9.47. The van der Waals surface area contributed by atoms with Crippen LogP contribution in [0.4, 0.5) is 0 Å². The summed E-state index contributed by atoms with van der Waals surface area (Å²) >= 11 is 0. The van der Waals surface area contributed by atoms with Gasteiger partial charge in [0, 0.05) is 19.0 Å². The predicted molar refractivity (Wildman–Crippen MR) is 129 cm³/mol. The summed E-state index contributed by atoms with van der Waals surface area (Å²) in [6.45, 7) is 11.1. The molecular formula is C28H49NO3. The minimum Gasteiger partial charge on any atom is -0.466 e. The van der Waals surface area contributed by atoms with Crippen LogP contribution in [0, 0.1) is 46.3 Å². The Kier molecular flexibility index (Phi) is 7.61. The molecule has 32 heavy (non-hydrogen) atoms. The maximum atomic E-state index is 11.9. The Hall–Kier alpha value is -0.610. The lowest BCUT2D eigenvalue weighted by atomic mass is 9.44. The molecular weight excluding hydrogens is 398 g/mol. The number of carbonyl (C=O) groups excluding carboxylic acids is 1. The Balaban J connectivity index is 1.41. The van der Waals surface area contributed by atoms with E-state index in [1.165, 1.54) is 57.8 Å². The molecule has 4 aliphatic carbocycles. The van der Waals surface area contributed by atoms with Crippen LogP contribution in [0.5, 0.6) is 0 Å². The van der Waals surface area contributed by atoms with Gasteiger partial charge < -0.3 is 15.2 Å². The van der Waals surface area contributed by atoms with Crippen molar-refractivity contribution < 1.29 is 14.6 Å². The topological polar surface area (TPSA) is 58.6 Å². The maximum absolute atomic E-state index is 11.9. The Morgan fingerprint density at radius 2 is 1.81 bits per heavy atom. The van der Waals surface area contributed by atoms with Crippen LogP contribution in [0.3, 0.4) is 0 Å². The van der Waals surface area contributed by atoms with Gasteiger partial charge in [0.2, 0.25) is 0 Å². The van der Waals surface area contributed by atoms with Crippen LogP contribution >= 0.6 is 0 Å². The number of ether oxygens (including phenoxy) is 1. The van der Waals surface area contributed by atoms with E-state index >= 15 is 0 Å². The van der Waals surface area contributed by atoms with Gasteiger partial charge in [-0.15, -0.1) is 0 Å². The normalized spacial score (nSPS) is 44.3. The number of carbonyl (C=O) groups is 1. The van der Waals surface area contributed by atoms with Crippen LogP contribution in [0.1, 0.15) is 98.3 Å². The maximum Gasteiger partial charge on any atom is 0.305 e. The molecule has 0 heterocycles. The van der Waals surface area contributed by atoms with Crippen LogP contribution in [0.15, 0.2) is 0 Å². The number of nitrogens with one attached hydrogen (secondary N) is 1. The summed E-state index contributed by atoms with van der Waals surface area (Å²) in [5.74, 6) is 4.94. The number of aliphatic hydroxyl groups excluding tert-OH is 1. The molecule has 4 fully saturated rings. The van der Waals surface area contributed by atoms with E-state index in [0.29, 0.717) is 35.8 Å². The summed E-state index contributed by atoms with van der Waals surface area (Å²) in [6.07, 6.45) is 14.0. The Bertz CT molecular complexity index is 653. The van der Waals surface area contributed by atoms with E-state index in [9.17, 15) is 9.90 Å². The molecule has 4 rings (SSSR count). The number of hydrogen-bond donors (Lipinski definition) is 2. The number of aliphatic hydroxyl groups is 1. The minimum absolute atomic E-state index is 0.0157. The third-order valence-corrected chi connectivity index (χ3v) is 11.1. The van der Waals surface area contributed by atoms with Gasteiger partial charge >= 0.3 is 5.97 Å². The zero-order valence-corrected chi connectivity index (χ0v) is 21.2. The second-order valence-electron chi connectivity index (χ2n) is 12.4. The van der Waals surface area contributed by atoms with Crippen LogP contribution in [0.2, 0.25) is 0 Å². The van der Waals surface area contributed by atoms with Crippen LogP contribution in [0.25, 0.3) is 0 Å². The summed E-state index contributed by atoms with van der Waals surface area (Å²) < 4.78 is 5.19. The van der Waals surface area contributed by atoms with E-state index in [1.807, 2.05) is 6.92 Å². The first kappa shape index (κ1) is 24.5. The van der Waals surface area contributed by atoms with Crippen LogP contribution < -0.4 is 5.32 Å². The highest BCUT2D eigenvalue weighted by atomic mass is 16.5. The van der Waals surface area contributed by atoms with Gasteiger partial charge in [0.25, 0.3) is 0 Å². The van der Waals surface area contributed by atoms with Crippen LogP contribution in [-0.2, 0) is 9.53 Å². The van der Waals surface area contributed by atoms with E-state index < -0.39 is 0 Å². The van der Waals surface area contributed by atoms with Crippen molar-refractivity contribution in [1.29, 1.82) is 0 Å². The molecule has 0 radical (unpaired) electrons. The van der Waals surface area contributed by atoms with Gasteiger partial charge in [0.15, 0.2) is 0 Å². The zero-order chi connectivity index (χ0) is 22.9. The van der Waals surface area contributed by atoms with Gasteiger partial charge in [-0.25, -0.2) is 0 Å². The monoisotopic (exact) mass is 447 g/mol. The van der Waals surface area contributed by atoms with Gasteiger partial charge in [-0.2, -0.15) is 0 Å². The molecule has 0 amide bonds. The van der Waals surface area contributed by atoms with E-state index in [-0.39, 0.29) is 12.6 Å². The Morgan fingerprint density at radius 1 is 1.06 bits per heavy atom. The zero-order valence-electron chi connectivity index (χ0n) is 21.2. The highest BCUT2D eigenvalue weighted by molar-refractivity contribution is 5.69. The first-order valence-electron chi connectivity index (χ1n) is 13.8. The summed E-state index contributed by atoms with van der Waals surface area (Å²) in [5, 5.41) is 12.8. The fraction of sp³-hybridized carbons (Fsp3) is 0.964. The van der Waals surface area contributed by atoms with Gasteiger partial charge in [-0.3, -0.25) is 4.79 Å². The van der Waals surface area contributed by atoms with Gasteiger partial charge in [-0.05, 0) is 117 Å². The van der Waals surface area contributed by atoms with Crippen molar-refractivity contribution in [3.05, 3.63) is 0 Å². The highest BCUT2D eigenvalue weighted by Crippen LogP contribution is 2.68. The number of esters is 1. The molecule has 2 N–H and O–H groups in total. The molecule has 0 aromatic heterocycles. The average molecular weight is 448 g/mol. The molecule has 4 aliphatic rings. The molecule has 0 bridgehead atoms. The predicted octanol–water partition coefficient (Wildman–Crippen LogP) is 5.58. The van der Waals surface area contributed by atoms with E-state index in [2.05, 4.69) is 26.1 Å². The molecule has 4 nitrogen and oxygen atoms in total. The third-order valence-electron chi connectivity index (χ3n) is 11.1. The second kappa shape index (κ2) is 9.94. The standard InChI is InChI=1S/C28H49NO3/c1-5-32-26(31)11-6-19(2)23-9-10-24-22-8-7-20-18-21(29-16-17-30)12-14-27(20,3)25(22)13-15-28(23,24)4/h19-25,29-30H,5-18H2,1-4H3/t19-,20-,21-,22?,23-,24?,25?,27+,28-/m1/s1. The van der Waals surface area contributed by atoms with Crippen molar-refractivity contribution >= 4 is 5.97 Å². The van der Waals surface area contributed by atoms with Gasteiger partial charge in [-0.1, -0.05) is 20.8 Å². The highest BCUT2D eigenvalue weighted by Gasteiger charge is 2.60. The molecule has 3 unspecified atom stereocenters. The minimum atomic E-state index is -0.0157. The van der Waals surface area contributed by atoms with Crippen molar-refractivity contribution in [3.8, 4) is 0 Å². The quantitative estimate of drug-likeness (QED) is 0.477. The summed E-state index contributed by atoms with van der Waals surface area (Å²) in [6, 6.07) is 0.613. The number of hydrogen-bond acceptors (Lipinski definition) is 4. The molecule has 0 aromatic rings. The molecule has 0 spiro atoms. The fourth-order valence-electron chi connectivity index (χ4n) is 9.47. The lowest BCUT2D eigenvalue weighted by molar-refractivity contribution is -0.143. The first-order valence-corrected chi connectivity index (χ1v) is 13.8. The summed E-state index contributed by atoms with van der Waals surface area (Å²) in [5.41, 5.74) is 0.994. The Labute approximate surface area is 196 Å². The first-order chi connectivity index (χ1) is 15.3. The summed E-state index contributed by atoms with van der Waals surface area (Å²) in [4.78, 5) is 11.9. The third kappa shape index (κ3) is 4.40. The van der Waals surface area contributed by atoms with E-state index in [0.717, 1.165) is 42.6 Å². The van der Waals surface area contributed by atoms with E-state index in [1.54, 1.807) is 0 Å². The lowest BCUT2D eigenvalue weighted by Gasteiger charge is -2.61. The molecule has 184 valence electrons. The van der Waals surface area contributed by atoms with Crippen molar-refractivity contribution in [3.63, 3.8) is 0 Å². The Morgan fingerprint density at radius 3 is 2.56 bits per heavy atom. The second-order valence-corrected chi connectivity index (χ2v) is 12.4. The number of rotatable bonds is 8. The SMILES string of the molecule is CCOC(=O)CC[C@@H](C)[C@H]1CCC2C3CC[C@@H]4C[C@H](NCCO)CC[C@]4(C)C3CC[C@@]21C. The van der Waals surface area contributed by atoms with Gasteiger partial charge in [0.05, 0.1) is 13.2 Å².